The number of alkyl halides is 3. The van der Waals surface area contributed by atoms with Crippen LogP contribution in [0.3, 0.4) is 0 Å². The van der Waals surface area contributed by atoms with Crippen LogP contribution in [0.1, 0.15) is 32.7 Å². The van der Waals surface area contributed by atoms with E-state index in [-0.39, 0.29) is 11.6 Å². The molecule has 3 rings (SSSR count). The van der Waals surface area contributed by atoms with Crippen molar-refractivity contribution < 1.29 is 18.0 Å². The van der Waals surface area contributed by atoms with E-state index in [2.05, 4.69) is 26.3 Å². The van der Waals surface area contributed by atoms with Crippen molar-refractivity contribution >= 4 is 27.5 Å². The number of amides is 1. The van der Waals surface area contributed by atoms with Crippen LogP contribution >= 0.6 is 15.9 Å². The molecule has 0 saturated heterocycles. The molecule has 0 spiro atoms. The molecule has 1 N–H and O–H groups in total. The highest BCUT2D eigenvalue weighted by molar-refractivity contribution is 9.10. The molecule has 28 heavy (non-hydrogen) atoms. The summed E-state index contributed by atoms with van der Waals surface area (Å²) >= 11 is 3.41. The minimum absolute atomic E-state index is 0.238. The molecule has 0 aliphatic heterocycles. The zero-order chi connectivity index (χ0) is 20.6. The Morgan fingerprint density at radius 1 is 1.11 bits per heavy atom. The molecular weight excluding hydrogens is 435 g/mol. The molecule has 0 bridgehead atoms. The van der Waals surface area contributed by atoms with Gasteiger partial charge >= 0.3 is 6.18 Å². The molecule has 4 nitrogen and oxygen atoms in total. The monoisotopic (exact) mass is 451 g/mol. The second-order valence-electron chi connectivity index (χ2n) is 6.47. The highest BCUT2D eigenvalue weighted by atomic mass is 79.9. The zero-order valence-electron chi connectivity index (χ0n) is 15.4. The Balaban J connectivity index is 1.93. The third-order valence-electron chi connectivity index (χ3n) is 4.41. The average molecular weight is 452 g/mol. The first-order valence-electron chi connectivity index (χ1n) is 8.38. The van der Waals surface area contributed by atoms with E-state index in [1.54, 1.807) is 6.92 Å². The number of hydrogen-bond donors (Lipinski definition) is 1. The van der Waals surface area contributed by atoms with Crippen LogP contribution in [-0.4, -0.2) is 15.7 Å². The quantitative estimate of drug-likeness (QED) is 0.544. The van der Waals surface area contributed by atoms with Gasteiger partial charge in [0.1, 0.15) is 0 Å². The molecule has 8 heteroatoms. The molecule has 0 atom stereocenters. The number of rotatable bonds is 3. The maximum atomic E-state index is 13.0. The third-order valence-corrected chi connectivity index (χ3v) is 4.87. The van der Waals surface area contributed by atoms with Crippen molar-refractivity contribution in [1.82, 2.24) is 9.78 Å². The molecule has 1 aromatic heterocycles. The topological polar surface area (TPSA) is 46.9 Å². The summed E-state index contributed by atoms with van der Waals surface area (Å²) in [6.45, 7) is 5.40. The minimum Gasteiger partial charge on any atom is -0.321 e. The fourth-order valence-electron chi connectivity index (χ4n) is 3.00. The van der Waals surface area contributed by atoms with Gasteiger partial charge in [0, 0.05) is 10.2 Å². The van der Waals surface area contributed by atoms with Crippen LogP contribution < -0.4 is 5.32 Å². The molecule has 0 saturated carbocycles. The SMILES string of the molecule is Cc1cc(Br)cc(C)c1NC(=O)c1cnn(-c2cccc(C(F)(F)F)c2)c1C. The van der Waals surface area contributed by atoms with Crippen LogP contribution in [0.2, 0.25) is 0 Å². The number of aryl methyl sites for hydroxylation is 2. The van der Waals surface area contributed by atoms with Gasteiger partial charge < -0.3 is 5.32 Å². The first-order chi connectivity index (χ1) is 13.1. The van der Waals surface area contributed by atoms with E-state index >= 15 is 0 Å². The Kier molecular flexibility index (Phi) is 5.34. The maximum Gasteiger partial charge on any atom is 0.416 e. The van der Waals surface area contributed by atoms with Crippen LogP contribution in [0.15, 0.2) is 47.1 Å². The van der Waals surface area contributed by atoms with E-state index in [1.807, 2.05) is 26.0 Å². The van der Waals surface area contributed by atoms with E-state index in [0.717, 1.165) is 27.7 Å². The van der Waals surface area contributed by atoms with Crippen molar-refractivity contribution in [3.8, 4) is 5.69 Å². The van der Waals surface area contributed by atoms with E-state index in [4.69, 9.17) is 0 Å². The van der Waals surface area contributed by atoms with Gasteiger partial charge in [0.25, 0.3) is 5.91 Å². The fourth-order valence-corrected chi connectivity index (χ4v) is 3.68. The number of hydrogen-bond acceptors (Lipinski definition) is 2. The lowest BCUT2D eigenvalue weighted by Gasteiger charge is -2.13. The smallest absolute Gasteiger partial charge is 0.321 e. The van der Waals surface area contributed by atoms with Crippen LogP contribution in [-0.2, 0) is 6.18 Å². The van der Waals surface area contributed by atoms with Gasteiger partial charge in [-0.05, 0) is 62.2 Å². The Hall–Kier alpha value is -2.61. The summed E-state index contributed by atoms with van der Waals surface area (Å²) in [5.74, 6) is -0.371. The lowest BCUT2D eigenvalue weighted by atomic mass is 10.1. The average Bonchev–Trinajstić information content (AvgIpc) is 2.99. The Morgan fingerprint density at radius 2 is 1.75 bits per heavy atom. The molecule has 0 aliphatic rings. The van der Waals surface area contributed by atoms with E-state index in [0.29, 0.717) is 16.9 Å². The van der Waals surface area contributed by atoms with Crippen molar-refractivity contribution in [3.63, 3.8) is 0 Å². The first-order valence-corrected chi connectivity index (χ1v) is 9.17. The second kappa shape index (κ2) is 7.43. The predicted molar refractivity (Wildman–Crippen MR) is 105 cm³/mol. The molecule has 1 amide bonds. The Morgan fingerprint density at radius 3 is 2.36 bits per heavy atom. The zero-order valence-corrected chi connectivity index (χ0v) is 16.9. The Labute approximate surface area is 168 Å². The van der Waals surface area contributed by atoms with Crippen molar-refractivity contribution in [1.29, 1.82) is 0 Å². The molecule has 0 radical (unpaired) electrons. The van der Waals surface area contributed by atoms with Crippen LogP contribution in [0.5, 0.6) is 0 Å². The Bertz CT molecular complexity index is 1030. The number of halogens is 4. The summed E-state index contributed by atoms with van der Waals surface area (Å²) in [4.78, 5) is 12.7. The second-order valence-corrected chi connectivity index (χ2v) is 7.39. The van der Waals surface area contributed by atoms with Gasteiger partial charge in [-0.2, -0.15) is 18.3 Å². The predicted octanol–water partition coefficient (Wildman–Crippen LogP) is 5.83. The molecule has 0 unspecified atom stereocenters. The van der Waals surface area contributed by atoms with Crippen LogP contribution in [0.25, 0.3) is 5.69 Å². The molecule has 1 heterocycles. The lowest BCUT2D eigenvalue weighted by Crippen LogP contribution is -2.15. The third kappa shape index (κ3) is 3.96. The summed E-state index contributed by atoms with van der Waals surface area (Å²) in [6.07, 6.45) is -3.09. The van der Waals surface area contributed by atoms with Gasteiger partial charge in [0.15, 0.2) is 0 Å². The van der Waals surface area contributed by atoms with E-state index in [1.165, 1.54) is 23.0 Å². The standard InChI is InChI=1S/C20H17BrF3N3O/c1-11-7-15(21)8-12(2)18(11)26-19(28)17-10-25-27(13(17)3)16-6-4-5-14(9-16)20(22,23)24/h4-10H,1-3H3,(H,26,28). The molecule has 2 aromatic carbocycles. The molecular formula is C20H17BrF3N3O. The summed E-state index contributed by atoms with van der Waals surface area (Å²) in [7, 11) is 0. The first kappa shape index (κ1) is 20.1. The number of carbonyl (C=O) groups is 1. The molecule has 0 fully saturated rings. The number of anilines is 1. The summed E-state index contributed by atoms with van der Waals surface area (Å²) < 4.78 is 41.1. The van der Waals surface area contributed by atoms with Crippen molar-refractivity contribution in [2.75, 3.05) is 5.32 Å². The van der Waals surface area contributed by atoms with Gasteiger partial charge in [-0.1, -0.05) is 22.0 Å². The molecule has 3 aromatic rings. The van der Waals surface area contributed by atoms with Crippen molar-refractivity contribution in [2.24, 2.45) is 0 Å². The fraction of sp³-hybridized carbons (Fsp3) is 0.200. The number of benzene rings is 2. The van der Waals surface area contributed by atoms with Gasteiger partial charge in [-0.25, -0.2) is 4.68 Å². The number of aromatic nitrogens is 2. The van der Waals surface area contributed by atoms with Gasteiger partial charge in [-0.15, -0.1) is 0 Å². The van der Waals surface area contributed by atoms with Gasteiger partial charge in [-0.3, -0.25) is 4.79 Å². The lowest BCUT2D eigenvalue weighted by molar-refractivity contribution is -0.137. The number of nitrogens with one attached hydrogen (secondary N) is 1. The highest BCUT2D eigenvalue weighted by Crippen LogP contribution is 2.31. The van der Waals surface area contributed by atoms with Gasteiger partial charge in [0.2, 0.25) is 0 Å². The number of carbonyl (C=O) groups excluding carboxylic acids is 1. The summed E-state index contributed by atoms with van der Waals surface area (Å²) in [6, 6.07) is 8.61. The number of nitrogens with zero attached hydrogens (tertiary/aromatic N) is 2. The summed E-state index contributed by atoms with van der Waals surface area (Å²) in [5.41, 5.74) is 2.68. The molecule has 0 aliphatic carbocycles. The maximum absolute atomic E-state index is 13.0. The van der Waals surface area contributed by atoms with Gasteiger partial charge in [0.05, 0.1) is 28.7 Å². The van der Waals surface area contributed by atoms with Crippen LogP contribution in [0, 0.1) is 20.8 Å². The molecule has 146 valence electrons. The largest absolute Gasteiger partial charge is 0.416 e. The van der Waals surface area contributed by atoms with Crippen molar-refractivity contribution in [3.05, 3.63) is 75.0 Å². The van der Waals surface area contributed by atoms with Crippen molar-refractivity contribution in [2.45, 2.75) is 26.9 Å². The minimum atomic E-state index is -4.45. The normalized spacial score (nSPS) is 11.5. The van der Waals surface area contributed by atoms with E-state index in [9.17, 15) is 18.0 Å². The highest BCUT2D eigenvalue weighted by Gasteiger charge is 2.30. The van der Waals surface area contributed by atoms with Crippen LogP contribution in [0.4, 0.5) is 18.9 Å². The summed E-state index contributed by atoms with van der Waals surface area (Å²) in [5, 5.41) is 6.98. The van der Waals surface area contributed by atoms with E-state index < -0.39 is 11.7 Å².